The van der Waals surface area contributed by atoms with E-state index in [0.717, 1.165) is 0 Å². The molecule has 0 amide bonds. The van der Waals surface area contributed by atoms with Crippen molar-refractivity contribution in [3.8, 4) is 0 Å². The van der Waals surface area contributed by atoms with Gasteiger partial charge in [-0.05, 0) is 78.7 Å². The molecule has 0 unspecified atom stereocenters. The summed E-state index contributed by atoms with van der Waals surface area (Å²) in [4.78, 5) is 0. The molecular formula is C32H28P2. The number of aryl methyl sites for hydroxylation is 2. The molecule has 0 radical (unpaired) electrons. The van der Waals surface area contributed by atoms with Gasteiger partial charge in [-0.25, -0.2) is 0 Å². The first-order valence-electron chi connectivity index (χ1n) is 11.6. The fourth-order valence-electron chi connectivity index (χ4n) is 4.47. The Morgan fingerprint density at radius 2 is 0.618 bits per heavy atom. The lowest BCUT2D eigenvalue weighted by Crippen LogP contribution is -2.29. The van der Waals surface area contributed by atoms with Crippen LogP contribution in [0, 0.1) is 13.8 Å². The summed E-state index contributed by atoms with van der Waals surface area (Å²) in [7, 11) is -1.30. The van der Waals surface area contributed by atoms with Crippen molar-refractivity contribution in [2.75, 3.05) is 0 Å². The minimum Gasteiger partial charge on any atom is -0.0622 e. The van der Waals surface area contributed by atoms with Gasteiger partial charge < -0.3 is 0 Å². The molecule has 0 N–H and O–H groups in total. The number of hydrogen-bond donors (Lipinski definition) is 0. The van der Waals surface area contributed by atoms with E-state index in [1.807, 2.05) is 0 Å². The van der Waals surface area contributed by atoms with E-state index in [-0.39, 0.29) is 0 Å². The minimum atomic E-state index is -0.648. The second kappa shape index (κ2) is 10.5. The largest absolute Gasteiger partial charge is 0.0622 e. The Balaban J connectivity index is 1.73. The van der Waals surface area contributed by atoms with E-state index in [9.17, 15) is 0 Å². The van der Waals surface area contributed by atoms with Crippen LogP contribution in [0.25, 0.3) is 0 Å². The SMILES string of the molecule is Cc1cc(C)c(P(c2ccccc2)c2ccccc2)cc1P(c1ccccc1)c1ccccc1. The van der Waals surface area contributed by atoms with Crippen LogP contribution in [0.15, 0.2) is 133 Å². The lowest BCUT2D eigenvalue weighted by Gasteiger charge is -2.26. The average Bonchev–Trinajstić information content (AvgIpc) is 2.89. The molecule has 0 aliphatic rings. The highest BCUT2D eigenvalue weighted by Crippen LogP contribution is 2.38. The first kappa shape index (κ1) is 22.7. The Kier molecular flexibility index (Phi) is 7.01. The highest BCUT2D eigenvalue weighted by Gasteiger charge is 2.23. The molecule has 2 heteroatoms. The maximum atomic E-state index is 2.53. The van der Waals surface area contributed by atoms with Crippen molar-refractivity contribution in [2.45, 2.75) is 13.8 Å². The van der Waals surface area contributed by atoms with Crippen molar-refractivity contribution < 1.29 is 0 Å². The number of hydrogen-bond acceptors (Lipinski definition) is 0. The van der Waals surface area contributed by atoms with Crippen LogP contribution in [0.1, 0.15) is 11.1 Å². The molecule has 0 saturated heterocycles. The summed E-state index contributed by atoms with van der Waals surface area (Å²) >= 11 is 0. The summed E-state index contributed by atoms with van der Waals surface area (Å²) in [5, 5.41) is 8.48. The summed E-state index contributed by atoms with van der Waals surface area (Å²) in [5.74, 6) is 0. The summed E-state index contributed by atoms with van der Waals surface area (Å²) < 4.78 is 0. The monoisotopic (exact) mass is 474 g/mol. The zero-order valence-electron chi connectivity index (χ0n) is 19.6. The molecule has 34 heavy (non-hydrogen) atoms. The molecular weight excluding hydrogens is 446 g/mol. The minimum absolute atomic E-state index is 0.648. The third-order valence-corrected chi connectivity index (χ3v) is 11.2. The summed E-state index contributed by atoms with van der Waals surface area (Å²) in [6, 6.07) is 49.0. The van der Waals surface area contributed by atoms with Crippen molar-refractivity contribution in [1.29, 1.82) is 0 Å². The standard InChI is InChI=1S/C32H28P2/c1-25-23-26(2)32(34(29-19-11-5-12-20-29)30-21-13-6-14-22-30)24-31(25)33(27-15-7-3-8-16-27)28-17-9-4-10-18-28/h3-24H,1-2H3. The predicted octanol–water partition coefficient (Wildman–Crippen LogP) is 5.82. The van der Waals surface area contributed by atoms with Crippen LogP contribution in [-0.2, 0) is 0 Å². The zero-order valence-corrected chi connectivity index (χ0v) is 21.4. The van der Waals surface area contributed by atoms with Gasteiger partial charge in [-0.1, -0.05) is 127 Å². The Bertz CT molecular complexity index is 1160. The average molecular weight is 475 g/mol. The number of rotatable bonds is 6. The molecule has 0 saturated carbocycles. The predicted molar refractivity (Wildman–Crippen MR) is 153 cm³/mol. The van der Waals surface area contributed by atoms with Gasteiger partial charge in [-0.2, -0.15) is 0 Å². The molecule has 0 nitrogen and oxygen atoms in total. The molecule has 5 aromatic rings. The second-order valence-corrected chi connectivity index (χ2v) is 12.8. The second-order valence-electron chi connectivity index (χ2n) is 8.44. The lowest BCUT2D eigenvalue weighted by molar-refractivity contribution is 1.44. The van der Waals surface area contributed by atoms with Gasteiger partial charge >= 0.3 is 0 Å². The van der Waals surface area contributed by atoms with Crippen molar-refractivity contribution >= 4 is 47.7 Å². The Hall–Kier alpha value is -3.04. The quantitative estimate of drug-likeness (QED) is 0.272. The van der Waals surface area contributed by atoms with Gasteiger partial charge in [-0.15, -0.1) is 0 Å². The molecule has 0 aliphatic heterocycles. The van der Waals surface area contributed by atoms with Crippen LogP contribution in [0.3, 0.4) is 0 Å². The van der Waals surface area contributed by atoms with Gasteiger partial charge in [0.25, 0.3) is 0 Å². The van der Waals surface area contributed by atoms with Gasteiger partial charge in [0.2, 0.25) is 0 Å². The molecule has 0 fully saturated rings. The first-order valence-corrected chi connectivity index (χ1v) is 14.3. The fraction of sp³-hybridized carbons (Fsp3) is 0.0625. The topological polar surface area (TPSA) is 0 Å². The molecule has 5 aromatic carbocycles. The normalized spacial score (nSPS) is 11.2. The third kappa shape index (κ3) is 4.76. The van der Waals surface area contributed by atoms with Crippen molar-refractivity contribution in [1.82, 2.24) is 0 Å². The van der Waals surface area contributed by atoms with E-state index in [1.165, 1.54) is 43.0 Å². The lowest BCUT2D eigenvalue weighted by atomic mass is 10.1. The molecule has 0 aliphatic carbocycles. The first-order chi connectivity index (χ1) is 16.7. The molecule has 166 valence electrons. The highest BCUT2D eigenvalue weighted by molar-refractivity contribution is 7.81. The summed E-state index contributed by atoms with van der Waals surface area (Å²) in [6.07, 6.45) is 0. The van der Waals surface area contributed by atoms with Crippen molar-refractivity contribution in [2.24, 2.45) is 0 Å². The van der Waals surface area contributed by atoms with E-state index in [4.69, 9.17) is 0 Å². The third-order valence-electron chi connectivity index (χ3n) is 6.05. The molecule has 0 bridgehead atoms. The smallest absolute Gasteiger partial charge is 0.0115 e. The Labute approximate surface area is 205 Å². The molecule has 0 heterocycles. The van der Waals surface area contributed by atoms with Gasteiger partial charge in [0.15, 0.2) is 0 Å². The Morgan fingerprint density at radius 3 is 0.882 bits per heavy atom. The van der Waals surface area contributed by atoms with Gasteiger partial charge in [0.1, 0.15) is 0 Å². The van der Waals surface area contributed by atoms with Crippen LogP contribution in [0.5, 0.6) is 0 Å². The van der Waals surface area contributed by atoms with E-state index in [0.29, 0.717) is 0 Å². The molecule has 5 rings (SSSR count). The molecule has 0 aromatic heterocycles. The molecule has 0 atom stereocenters. The fourth-order valence-corrected chi connectivity index (χ4v) is 9.52. The van der Waals surface area contributed by atoms with Crippen LogP contribution < -0.4 is 31.8 Å². The zero-order chi connectivity index (χ0) is 23.3. The van der Waals surface area contributed by atoms with Gasteiger partial charge in [-0.3, -0.25) is 0 Å². The maximum absolute atomic E-state index is 2.53. The van der Waals surface area contributed by atoms with Crippen LogP contribution in [0.4, 0.5) is 0 Å². The van der Waals surface area contributed by atoms with E-state index in [2.05, 4.69) is 147 Å². The van der Waals surface area contributed by atoms with Crippen LogP contribution in [0.2, 0.25) is 0 Å². The van der Waals surface area contributed by atoms with Crippen LogP contribution in [-0.4, -0.2) is 0 Å². The van der Waals surface area contributed by atoms with Gasteiger partial charge in [0.05, 0.1) is 0 Å². The Morgan fingerprint density at radius 1 is 0.353 bits per heavy atom. The maximum Gasteiger partial charge on any atom is -0.0115 e. The summed E-state index contributed by atoms with van der Waals surface area (Å²) in [5.41, 5.74) is 2.74. The van der Waals surface area contributed by atoms with Crippen molar-refractivity contribution in [3.05, 3.63) is 145 Å². The highest BCUT2D eigenvalue weighted by atomic mass is 31.1. The van der Waals surface area contributed by atoms with Crippen LogP contribution >= 0.6 is 15.8 Å². The van der Waals surface area contributed by atoms with E-state index in [1.54, 1.807) is 0 Å². The summed E-state index contributed by atoms with van der Waals surface area (Å²) in [6.45, 7) is 4.56. The number of benzene rings is 5. The van der Waals surface area contributed by atoms with E-state index >= 15 is 0 Å². The van der Waals surface area contributed by atoms with E-state index < -0.39 is 15.8 Å². The molecule has 0 spiro atoms. The van der Waals surface area contributed by atoms with Crippen molar-refractivity contribution in [3.63, 3.8) is 0 Å². The van der Waals surface area contributed by atoms with Gasteiger partial charge in [0, 0.05) is 0 Å².